The Morgan fingerprint density at radius 3 is 2.79 bits per heavy atom. The lowest BCUT2D eigenvalue weighted by Gasteiger charge is -2.09. The molecule has 1 aromatic carbocycles. The molecule has 0 aliphatic heterocycles. The van der Waals surface area contributed by atoms with E-state index in [1.807, 2.05) is 0 Å². The van der Waals surface area contributed by atoms with Crippen molar-refractivity contribution in [1.82, 2.24) is 5.16 Å². The highest BCUT2D eigenvalue weighted by Gasteiger charge is 2.13. The first-order chi connectivity index (χ1) is 11.6. The molecule has 2 aromatic heterocycles. The van der Waals surface area contributed by atoms with Gasteiger partial charge in [-0.25, -0.2) is 14.7 Å². The summed E-state index contributed by atoms with van der Waals surface area (Å²) in [6.45, 7) is 3.69. The molecule has 0 bridgehead atoms. The molecule has 0 unspecified atom stereocenters. The van der Waals surface area contributed by atoms with Crippen molar-refractivity contribution in [2.24, 2.45) is 0 Å². The first kappa shape index (κ1) is 15.8. The lowest BCUT2D eigenvalue weighted by Crippen LogP contribution is -2.31. The molecule has 0 atom stereocenters. The van der Waals surface area contributed by atoms with Crippen LogP contribution in [0.25, 0.3) is 12.7 Å². The van der Waals surface area contributed by atoms with Crippen molar-refractivity contribution in [1.29, 1.82) is 0 Å². The number of benzene rings is 1. The minimum absolute atomic E-state index is 0.295. The van der Waals surface area contributed by atoms with E-state index in [0.717, 1.165) is 0 Å². The van der Waals surface area contributed by atoms with Gasteiger partial charge in [-0.05, 0) is 35.2 Å². The van der Waals surface area contributed by atoms with Gasteiger partial charge in [0.25, 0.3) is 0 Å². The molecule has 24 heavy (non-hydrogen) atoms. The topological polar surface area (TPSA) is 81.5 Å². The van der Waals surface area contributed by atoms with Crippen LogP contribution in [-0.4, -0.2) is 18.2 Å². The summed E-state index contributed by atoms with van der Waals surface area (Å²) in [5.74, 6) is 0.217. The van der Waals surface area contributed by atoms with E-state index >= 15 is 0 Å². The fraction of sp³-hybridized carbons (Fsp3) is 0.0588. The van der Waals surface area contributed by atoms with Gasteiger partial charge in [0.1, 0.15) is 4.88 Å². The predicted octanol–water partition coefficient (Wildman–Crippen LogP) is 1.50. The van der Waals surface area contributed by atoms with Gasteiger partial charge in [-0.15, -0.1) is 11.3 Å². The molecule has 0 saturated heterocycles. The molecule has 6 nitrogen and oxygen atoms in total. The van der Waals surface area contributed by atoms with Crippen LogP contribution in [0.4, 0.5) is 0 Å². The van der Waals surface area contributed by atoms with Gasteiger partial charge in [0.15, 0.2) is 11.5 Å². The van der Waals surface area contributed by atoms with Gasteiger partial charge in [0.2, 0.25) is 0 Å². The Balaban J connectivity index is 1.94. The number of rotatable bonds is 4. The summed E-state index contributed by atoms with van der Waals surface area (Å²) in [7, 11) is 1.47. The fourth-order valence-electron chi connectivity index (χ4n) is 2.06. The maximum atomic E-state index is 12.0. The van der Waals surface area contributed by atoms with E-state index in [1.165, 1.54) is 18.4 Å². The van der Waals surface area contributed by atoms with Crippen molar-refractivity contribution < 1.29 is 18.8 Å². The average Bonchev–Trinajstić information content (AvgIpc) is 3.22. The number of aromatic amines is 1. The number of carbonyl (C=O) groups is 1. The van der Waals surface area contributed by atoms with Crippen LogP contribution in [0.3, 0.4) is 0 Å². The van der Waals surface area contributed by atoms with E-state index in [-0.39, 0.29) is 0 Å². The number of carbonyl (C=O) groups excluding carboxylic acids is 1. The Kier molecular flexibility index (Phi) is 4.35. The van der Waals surface area contributed by atoms with Crippen molar-refractivity contribution in [3.05, 3.63) is 67.1 Å². The molecule has 3 aromatic rings. The molecule has 0 radical (unpaired) electrons. The van der Waals surface area contributed by atoms with E-state index in [2.05, 4.69) is 16.3 Å². The number of hydrogen-bond donors (Lipinski definition) is 1. The van der Waals surface area contributed by atoms with Gasteiger partial charge in [0, 0.05) is 0 Å². The van der Waals surface area contributed by atoms with Crippen LogP contribution in [0.1, 0.15) is 15.2 Å². The van der Waals surface area contributed by atoms with Gasteiger partial charge in [-0.2, -0.15) is 0 Å². The maximum Gasteiger partial charge on any atom is 0.365 e. The number of methoxy groups -OCH3 is 1. The predicted molar refractivity (Wildman–Crippen MR) is 89.9 cm³/mol. The van der Waals surface area contributed by atoms with Crippen LogP contribution in [0.5, 0.6) is 11.5 Å². The molecule has 2 heterocycles. The highest BCUT2D eigenvalue weighted by molar-refractivity contribution is 7.12. The van der Waals surface area contributed by atoms with Crippen LogP contribution in [-0.2, 0) is 0 Å². The summed E-state index contributed by atoms with van der Waals surface area (Å²) < 4.78 is 15.3. The first-order valence-corrected chi connectivity index (χ1v) is 7.78. The monoisotopic (exact) mass is 343 g/mol. The fourth-order valence-corrected chi connectivity index (χ4v) is 2.66. The normalized spacial score (nSPS) is 11.5. The number of H-pyrrole nitrogens is 1. The largest absolute Gasteiger partial charge is 0.493 e. The molecule has 122 valence electrons. The van der Waals surface area contributed by atoms with E-state index in [0.29, 0.717) is 32.5 Å². The Labute approximate surface area is 140 Å². The Morgan fingerprint density at radius 2 is 2.17 bits per heavy atom. The quantitative estimate of drug-likeness (QED) is 0.573. The second-order valence-corrected chi connectivity index (χ2v) is 5.75. The van der Waals surface area contributed by atoms with Crippen LogP contribution in [0.2, 0.25) is 0 Å². The average molecular weight is 343 g/mol. The first-order valence-electron chi connectivity index (χ1n) is 6.90. The molecule has 0 aliphatic rings. The second-order valence-electron chi connectivity index (χ2n) is 4.81. The van der Waals surface area contributed by atoms with E-state index < -0.39 is 11.6 Å². The van der Waals surface area contributed by atoms with Crippen LogP contribution >= 0.6 is 11.3 Å². The molecule has 1 N–H and O–H groups in total. The van der Waals surface area contributed by atoms with Crippen LogP contribution < -0.4 is 25.7 Å². The number of hydrogen-bond acceptors (Lipinski definition) is 6. The zero-order valence-corrected chi connectivity index (χ0v) is 13.5. The summed E-state index contributed by atoms with van der Waals surface area (Å²) in [6, 6.07) is 8.42. The SMILES string of the molecule is C=c1[nH]oc(=O)c1=Cc1ccc(OC(=O)c2cccs2)c(OC)c1. The number of aromatic nitrogens is 1. The summed E-state index contributed by atoms with van der Waals surface area (Å²) in [4.78, 5) is 24.1. The number of nitrogens with one attached hydrogen (secondary N) is 1. The lowest BCUT2D eigenvalue weighted by atomic mass is 10.1. The number of esters is 1. The Morgan fingerprint density at radius 1 is 1.33 bits per heavy atom. The number of ether oxygens (including phenoxy) is 2. The Hall–Kier alpha value is -3.06. The molecule has 3 rings (SSSR count). The van der Waals surface area contributed by atoms with Crippen LogP contribution in [0, 0.1) is 0 Å². The molecular weight excluding hydrogens is 330 g/mol. The van der Waals surface area contributed by atoms with Gasteiger partial charge >= 0.3 is 11.6 Å². The zero-order valence-electron chi connectivity index (χ0n) is 12.7. The lowest BCUT2D eigenvalue weighted by molar-refractivity contribution is 0.0735. The summed E-state index contributed by atoms with van der Waals surface area (Å²) in [5, 5.41) is 4.91. The highest BCUT2D eigenvalue weighted by atomic mass is 32.1. The van der Waals surface area contributed by atoms with E-state index in [4.69, 9.17) is 9.47 Å². The maximum absolute atomic E-state index is 12.0. The summed E-state index contributed by atoms with van der Waals surface area (Å²) in [5.41, 5.74) is 0.173. The van der Waals surface area contributed by atoms with Crippen molar-refractivity contribution in [2.45, 2.75) is 0 Å². The second kappa shape index (κ2) is 6.59. The van der Waals surface area contributed by atoms with Crippen molar-refractivity contribution in [2.75, 3.05) is 7.11 Å². The molecule has 7 heteroatoms. The minimum Gasteiger partial charge on any atom is -0.493 e. The minimum atomic E-state index is -0.507. The van der Waals surface area contributed by atoms with E-state index in [1.54, 1.807) is 41.8 Å². The third-order valence-electron chi connectivity index (χ3n) is 3.24. The highest BCUT2D eigenvalue weighted by Crippen LogP contribution is 2.29. The summed E-state index contributed by atoms with van der Waals surface area (Å²) in [6.07, 6.45) is 1.61. The zero-order chi connectivity index (χ0) is 17.1. The Bertz CT molecular complexity index is 999. The molecule has 0 amide bonds. The van der Waals surface area contributed by atoms with Gasteiger partial charge in [0.05, 0.1) is 17.7 Å². The third-order valence-corrected chi connectivity index (χ3v) is 4.09. The van der Waals surface area contributed by atoms with Crippen molar-refractivity contribution >= 4 is 30.0 Å². The summed E-state index contributed by atoms with van der Waals surface area (Å²) >= 11 is 1.30. The van der Waals surface area contributed by atoms with Gasteiger partial charge in [-0.1, -0.05) is 18.7 Å². The van der Waals surface area contributed by atoms with Crippen molar-refractivity contribution in [3.63, 3.8) is 0 Å². The molecule has 0 fully saturated rings. The van der Waals surface area contributed by atoms with E-state index in [9.17, 15) is 9.59 Å². The number of thiophene rings is 1. The van der Waals surface area contributed by atoms with Crippen LogP contribution in [0.15, 0.2) is 45.0 Å². The molecular formula is C17H13NO5S. The van der Waals surface area contributed by atoms with Gasteiger partial charge < -0.3 is 14.0 Å². The molecule has 0 spiro atoms. The molecule has 0 aliphatic carbocycles. The smallest absolute Gasteiger partial charge is 0.365 e. The van der Waals surface area contributed by atoms with Gasteiger partial charge in [-0.3, -0.25) is 0 Å². The molecule has 0 saturated carbocycles. The third kappa shape index (κ3) is 3.16. The standard InChI is InChI=1S/C17H13NO5S/c1-10-12(16(19)23-18-10)8-11-5-6-13(14(9-11)21-2)22-17(20)15-4-3-7-24-15/h3-9,18H,1H2,2H3. The van der Waals surface area contributed by atoms with Crippen molar-refractivity contribution in [3.8, 4) is 11.5 Å².